The Morgan fingerprint density at radius 2 is 1.67 bits per heavy atom. The smallest absolute Gasteiger partial charge is 0.318 e. The van der Waals surface area contributed by atoms with Crippen molar-refractivity contribution in [1.82, 2.24) is 15.1 Å². The molecule has 0 bridgehead atoms. The molecule has 2 aromatic rings. The van der Waals surface area contributed by atoms with E-state index in [4.69, 9.17) is 9.47 Å². The predicted octanol–water partition coefficient (Wildman–Crippen LogP) is 3.03. The van der Waals surface area contributed by atoms with E-state index in [1.807, 2.05) is 61.5 Å². The van der Waals surface area contributed by atoms with E-state index in [2.05, 4.69) is 10.2 Å². The summed E-state index contributed by atoms with van der Waals surface area (Å²) < 4.78 is 10.5. The van der Waals surface area contributed by atoms with Crippen LogP contribution in [0.2, 0.25) is 0 Å². The monoisotopic (exact) mass is 369 g/mol. The number of carbonyl (C=O) groups is 1. The number of hydrogen-bond acceptors (Lipinski definition) is 4. The number of nitrogens with zero attached hydrogens (tertiary/aromatic N) is 2. The average molecular weight is 369 g/mol. The number of nitrogens with one attached hydrogen (secondary N) is 1. The van der Waals surface area contributed by atoms with Crippen molar-refractivity contribution >= 4 is 6.03 Å². The van der Waals surface area contributed by atoms with E-state index < -0.39 is 0 Å². The van der Waals surface area contributed by atoms with Crippen LogP contribution in [0.15, 0.2) is 42.5 Å². The van der Waals surface area contributed by atoms with Crippen molar-refractivity contribution in [3.05, 3.63) is 59.2 Å². The summed E-state index contributed by atoms with van der Waals surface area (Å²) in [6.07, 6.45) is 0. The molecule has 0 spiro atoms. The number of urea groups is 1. The van der Waals surface area contributed by atoms with Crippen molar-refractivity contribution in [2.24, 2.45) is 0 Å². The first kappa shape index (κ1) is 19.0. The first-order chi connectivity index (χ1) is 13.0. The number of fused-ring (bicyclic) bond motifs is 1. The molecule has 3 rings (SSSR count). The van der Waals surface area contributed by atoms with E-state index in [-0.39, 0.29) is 12.1 Å². The Kier molecular flexibility index (Phi) is 5.86. The summed E-state index contributed by atoms with van der Waals surface area (Å²) in [5.74, 6) is 1.65. The van der Waals surface area contributed by atoms with Gasteiger partial charge in [-0.15, -0.1) is 0 Å². The Morgan fingerprint density at radius 1 is 1.04 bits per heavy atom. The van der Waals surface area contributed by atoms with Crippen LogP contribution in [-0.2, 0) is 13.1 Å². The van der Waals surface area contributed by atoms with Crippen molar-refractivity contribution in [3.8, 4) is 11.5 Å². The van der Waals surface area contributed by atoms with Crippen LogP contribution < -0.4 is 14.8 Å². The number of carbonyl (C=O) groups excluding carboxylic acids is 1. The first-order valence-electron chi connectivity index (χ1n) is 9.00. The summed E-state index contributed by atoms with van der Waals surface area (Å²) in [6.45, 7) is 1.77. The first-order valence-corrected chi connectivity index (χ1v) is 9.00. The van der Waals surface area contributed by atoms with Gasteiger partial charge in [0.25, 0.3) is 0 Å². The van der Waals surface area contributed by atoms with Gasteiger partial charge >= 0.3 is 6.03 Å². The van der Waals surface area contributed by atoms with Gasteiger partial charge in [0, 0.05) is 19.6 Å². The lowest BCUT2D eigenvalue weighted by Crippen LogP contribution is -2.41. The van der Waals surface area contributed by atoms with Crippen molar-refractivity contribution in [2.75, 3.05) is 34.9 Å². The minimum atomic E-state index is -0.0504. The molecule has 0 aliphatic carbocycles. The number of amides is 2. The summed E-state index contributed by atoms with van der Waals surface area (Å²) in [5.41, 5.74) is 3.45. The van der Waals surface area contributed by atoms with Crippen LogP contribution >= 0.6 is 0 Å². The van der Waals surface area contributed by atoms with Crippen LogP contribution in [-0.4, -0.2) is 50.7 Å². The molecule has 1 aliphatic rings. The van der Waals surface area contributed by atoms with Gasteiger partial charge in [-0.3, -0.25) is 0 Å². The Bertz CT molecular complexity index is 790. The molecule has 6 heteroatoms. The van der Waals surface area contributed by atoms with Gasteiger partial charge in [-0.05, 0) is 55.1 Å². The van der Waals surface area contributed by atoms with E-state index in [0.29, 0.717) is 19.6 Å². The van der Waals surface area contributed by atoms with Gasteiger partial charge in [0.1, 0.15) is 11.5 Å². The number of ether oxygens (including phenoxy) is 2. The molecule has 1 aliphatic heterocycles. The highest BCUT2D eigenvalue weighted by Crippen LogP contribution is 2.27. The third-order valence-electron chi connectivity index (χ3n) is 4.99. The molecule has 0 saturated heterocycles. The molecular weight excluding hydrogens is 342 g/mol. The van der Waals surface area contributed by atoms with E-state index in [1.165, 1.54) is 5.56 Å². The largest absolute Gasteiger partial charge is 0.497 e. The molecule has 0 fully saturated rings. The predicted molar refractivity (Wildman–Crippen MR) is 105 cm³/mol. The Hall–Kier alpha value is -2.73. The van der Waals surface area contributed by atoms with Crippen LogP contribution in [0, 0.1) is 0 Å². The molecule has 1 atom stereocenters. The lowest BCUT2D eigenvalue weighted by atomic mass is 10.1. The Morgan fingerprint density at radius 3 is 2.30 bits per heavy atom. The maximum absolute atomic E-state index is 12.7. The topological polar surface area (TPSA) is 54.0 Å². The van der Waals surface area contributed by atoms with Crippen molar-refractivity contribution in [3.63, 3.8) is 0 Å². The quantitative estimate of drug-likeness (QED) is 0.850. The fourth-order valence-corrected chi connectivity index (χ4v) is 3.36. The third kappa shape index (κ3) is 4.34. The number of likely N-dealkylation sites (N-methyl/N-ethyl adjacent to an activating group) is 1. The number of hydrogen-bond donors (Lipinski definition) is 1. The van der Waals surface area contributed by atoms with Gasteiger partial charge in [0.2, 0.25) is 0 Å². The molecule has 1 N–H and O–H groups in total. The lowest BCUT2D eigenvalue weighted by Gasteiger charge is -2.26. The SMILES string of the molecule is COc1ccc(C(CNC(=O)N2Cc3ccc(OC)cc3C2)N(C)C)cc1. The van der Waals surface area contributed by atoms with Crippen LogP contribution in [0.5, 0.6) is 11.5 Å². The summed E-state index contributed by atoms with van der Waals surface area (Å²) in [5, 5.41) is 3.08. The molecule has 6 nitrogen and oxygen atoms in total. The van der Waals surface area contributed by atoms with E-state index >= 15 is 0 Å². The summed E-state index contributed by atoms with van der Waals surface area (Å²) in [7, 11) is 7.34. The number of methoxy groups -OCH3 is 2. The molecule has 2 aromatic carbocycles. The van der Waals surface area contributed by atoms with Crippen LogP contribution in [0.4, 0.5) is 4.79 Å². The molecule has 27 heavy (non-hydrogen) atoms. The highest BCUT2D eigenvalue weighted by atomic mass is 16.5. The van der Waals surface area contributed by atoms with Crippen LogP contribution in [0.25, 0.3) is 0 Å². The summed E-state index contributed by atoms with van der Waals surface area (Å²) >= 11 is 0. The number of rotatable bonds is 6. The molecular formula is C21H27N3O3. The van der Waals surface area contributed by atoms with Crippen molar-refractivity contribution in [1.29, 1.82) is 0 Å². The van der Waals surface area contributed by atoms with E-state index in [0.717, 1.165) is 22.6 Å². The standard InChI is InChI=1S/C21H27N3O3/c1-23(2)20(15-5-8-18(26-3)9-6-15)12-22-21(25)24-13-16-7-10-19(27-4)11-17(16)14-24/h5-11,20H,12-14H2,1-4H3,(H,22,25). The minimum absolute atomic E-state index is 0.0504. The molecule has 0 radical (unpaired) electrons. The molecule has 2 amide bonds. The fraction of sp³-hybridized carbons (Fsp3) is 0.381. The van der Waals surface area contributed by atoms with Crippen molar-refractivity contribution in [2.45, 2.75) is 19.1 Å². The highest BCUT2D eigenvalue weighted by Gasteiger charge is 2.24. The highest BCUT2D eigenvalue weighted by molar-refractivity contribution is 5.75. The molecule has 1 unspecified atom stereocenters. The molecule has 144 valence electrons. The third-order valence-corrected chi connectivity index (χ3v) is 4.99. The van der Waals surface area contributed by atoms with Gasteiger partial charge in [-0.2, -0.15) is 0 Å². The Labute approximate surface area is 160 Å². The molecule has 0 aromatic heterocycles. The average Bonchev–Trinajstić information content (AvgIpc) is 3.11. The zero-order valence-electron chi connectivity index (χ0n) is 16.4. The second-order valence-electron chi connectivity index (χ2n) is 6.93. The van der Waals surface area contributed by atoms with Gasteiger partial charge in [-0.1, -0.05) is 18.2 Å². The summed E-state index contributed by atoms with van der Waals surface area (Å²) in [4.78, 5) is 16.6. The molecule has 1 heterocycles. The fourth-order valence-electron chi connectivity index (χ4n) is 3.36. The zero-order valence-corrected chi connectivity index (χ0v) is 16.4. The van der Waals surface area contributed by atoms with E-state index in [1.54, 1.807) is 14.2 Å². The van der Waals surface area contributed by atoms with Gasteiger partial charge in [0.15, 0.2) is 0 Å². The Balaban J connectivity index is 1.61. The van der Waals surface area contributed by atoms with Crippen molar-refractivity contribution < 1.29 is 14.3 Å². The molecule has 0 saturated carbocycles. The minimum Gasteiger partial charge on any atom is -0.497 e. The lowest BCUT2D eigenvalue weighted by molar-refractivity contribution is 0.193. The van der Waals surface area contributed by atoms with E-state index in [9.17, 15) is 4.79 Å². The second kappa shape index (κ2) is 8.31. The normalized spacial score (nSPS) is 14.0. The van der Waals surface area contributed by atoms with Gasteiger partial charge in [0.05, 0.1) is 20.3 Å². The van der Waals surface area contributed by atoms with Crippen LogP contribution in [0.1, 0.15) is 22.7 Å². The second-order valence-corrected chi connectivity index (χ2v) is 6.93. The van der Waals surface area contributed by atoms with Crippen LogP contribution in [0.3, 0.4) is 0 Å². The number of benzene rings is 2. The zero-order chi connectivity index (χ0) is 19.4. The maximum atomic E-state index is 12.7. The van der Waals surface area contributed by atoms with Gasteiger partial charge in [-0.25, -0.2) is 4.79 Å². The summed E-state index contributed by atoms with van der Waals surface area (Å²) in [6, 6.07) is 14.0. The van der Waals surface area contributed by atoms with Gasteiger partial charge < -0.3 is 24.6 Å². The maximum Gasteiger partial charge on any atom is 0.318 e.